The van der Waals surface area contributed by atoms with Gasteiger partial charge < -0.3 is 41.2 Å². The molecule has 0 bridgehead atoms. The molecule has 0 aromatic heterocycles. The Balaban J connectivity index is 0.000000227. The molecule has 0 radical (unpaired) electrons. The van der Waals surface area contributed by atoms with E-state index in [-0.39, 0.29) is 12.4 Å². The third-order valence-electron chi connectivity index (χ3n) is 5.32. The average molecular weight is 478 g/mol. The van der Waals surface area contributed by atoms with Crippen molar-refractivity contribution in [2.45, 2.75) is 0 Å². The zero-order chi connectivity index (χ0) is 22.8. The van der Waals surface area contributed by atoms with Crippen LogP contribution in [0, 0.1) is 11.1 Å². The molecule has 2 heterocycles. The summed E-state index contributed by atoms with van der Waals surface area (Å²) in [7, 11) is 3.18. The molecule has 0 unspecified atom stereocenters. The fraction of sp³-hybridized carbons (Fsp3) is 0.455. The Bertz CT molecular complexity index is 831. The van der Waals surface area contributed by atoms with E-state index in [1.54, 1.807) is 26.4 Å². The van der Waals surface area contributed by atoms with Crippen LogP contribution < -0.4 is 31.7 Å². The predicted octanol–water partition coefficient (Wildman–Crippen LogP) is 1.39. The van der Waals surface area contributed by atoms with Gasteiger partial charge in [-0.25, -0.2) is 11.1 Å². The molecule has 10 nitrogen and oxygen atoms in total. The van der Waals surface area contributed by atoms with E-state index in [1.165, 1.54) is 0 Å². The zero-order valence-electron chi connectivity index (χ0n) is 18.9. The van der Waals surface area contributed by atoms with Crippen molar-refractivity contribution in [2.24, 2.45) is 10.2 Å². The van der Waals surface area contributed by atoms with Gasteiger partial charge in [-0.15, -0.1) is 0 Å². The predicted molar refractivity (Wildman–Crippen MR) is 122 cm³/mol. The van der Waals surface area contributed by atoms with E-state index in [9.17, 15) is 0 Å². The Labute approximate surface area is 200 Å². The molecule has 2 fully saturated rings. The van der Waals surface area contributed by atoms with Crippen LogP contribution in [0.4, 0.5) is 22.7 Å². The number of benzene rings is 2. The van der Waals surface area contributed by atoms with Crippen molar-refractivity contribution in [1.29, 1.82) is 11.1 Å². The van der Waals surface area contributed by atoms with Gasteiger partial charge in [0.2, 0.25) is 0 Å². The molecule has 180 valence electrons. The normalized spacial score (nSPS) is 15.5. The van der Waals surface area contributed by atoms with Gasteiger partial charge in [0, 0.05) is 49.7 Å². The maximum absolute atomic E-state index is 7.01. The largest absolute Gasteiger partial charge is 1.00 e. The van der Waals surface area contributed by atoms with Gasteiger partial charge in [0.15, 0.2) is 0 Å². The van der Waals surface area contributed by atoms with Crippen LogP contribution in [-0.2, 0) is 9.47 Å². The van der Waals surface area contributed by atoms with Crippen molar-refractivity contribution in [3.8, 4) is 11.5 Å². The molecule has 2 aromatic rings. The maximum Gasteiger partial charge on any atom is 0.148 e. The van der Waals surface area contributed by atoms with Crippen LogP contribution in [0.3, 0.4) is 0 Å². The molecule has 2 saturated heterocycles. The first-order valence-corrected chi connectivity index (χ1v) is 10.5. The van der Waals surface area contributed by atoms with Crippen LogP contribution in [-0.4, -0.2) is 66.8 Å². The lowest BCUT2D eigenvalue weighted by Crippen LogP contribution is -3.00. The molecule has 2 aliphatic rings. The molecule has 2 aromatic carbocycles. The lowest BCUT2D eigenvalue weighted by Gasteiger charge is -2.29. The Morgan fingerprint density at radius 1 is 0.697 bits per heavy atom. The summed E-state index contributed by atoms with van der Waals surface area (Å²) in [6, 6.07) is 11.4. The van der Waals surface area contributed by atoms with Gasteiger partial charge in [-0.1, -0.05) is 0 Å². The average Bonchev–Trinajstić information content (AvgIpc) is 2.89. The highest BCUT2D eigenvalue weighted by molar-refractivity contribution is 5.62. The third kappa shape index (κ3) is 7.01. The second kappa shape index (κ2) is 13.6. The van der Waals surface area contributed by atoms with Crippen LogP contribution in [0.5, 0.6) is 11.5 Å². The van der Waals surface area contributed by atoms with Crippen molar-refractivity contribution in [3.05, 3.63) is 36.4 Å². The smallest absolute Gasteiger partial charge is 0.148 e. The molecule has 0 spiro atoms. The summed E-state index contributed by atoms with van der Waals surface area (Å²) in [6.45, 7) is 6.58. The number of hydrogen-bond acceptors (Lipinski definition) is 10. The van der Waals surface area contributed by atoms with Crippen LogP contribution in [0.1, 0.15) is 0 Å². The number of methoxy groups -OCH3 is 2. The van der Waals surface area contributed by atoms with Crippen LogP contribution in [0.25, 0.3) is 0 Å². The minimum atomic E-state index is 0. The number of ether oxygens (including phenoxy) is 4. The Morgan fingerprint density at radius 3 is 1.36 bits per heavy atom. The number of morpholine rings is 2. The minimum absolute atomic E-state index is 0. The Kier molecular flexibility index (Phi) is 10.8. The lowest BCUT2D eigenvalue weighted by atomic mass is 10.2. The number of halogens is 1. The quantitative estimate of drug-likeness (QED) is 0.607. The molecule has 4 rings (SSSR count). The Morgan fingerprint density at radius 2 is 1.06 bits per heavy atom. The van der Waals surface area contributed by atoms with E-state index in [4.69, 9.17) is 30.0 Å². The molecule has 0 atom stereocenters. The highest BCUT2D eigenvalue weighted by Crippen LogP contribution is 2.33. The van der Waals surface area contributed by atoms with Gasteiger partial charge in [-0.3, -0.25) is 0 Å². The van der Waals surface area contributed by atoms with E-state index in [2.05, 4.69) is 20.0 Å². The summed E-state index contributed by atoms with van der Waals surface area (Å²) in [4.78, 5) is 4.47. The van der Waals surface area contributed by atoms with Gasteiger partial charge in [0.25, 0.3) is 0 Å². The number of rotatable bonds is 6. The molecule has 0 saturated carbocycles. The third-order valence-corrected chi connectivity index (χ3v) is 5.32. The molecular weight excluding hydrogens is 448 g/mol. The first-order chi connectivity index (χ1) is 15.7. The van der Waals surface area contributed by atoms with Crippen LogP contribution in [0.2, 0.25) is 0 Å². The summed E-state index contributed by atoms with van der Waals surface area (Å²) in [5.41, 5.74) is 17.3. The van der Waals surface area contributed by atoms with Crippen molar-refractivity contribution in [3.63, 3.8) is 0 Å². The summed E-state index contributed by atoms with van der Waals surface area (Å²) in [5, 5.41) is 6.82. The molecule has 2 N–H and O–H groups in total. The van der Waals surface area contributed by atoms with Gasteiger partial charge in [-0.2, -0.15) is 10.2 Å². The number of nitrogens with zero attached hydrogens (tertiary/aromatic N) is 4. The van der Waals surface area contributed by atoms with Crippen molar-refractivity contribution in [2.75, 3.05) is 76.6 Å². The highest BCUT2D eigenvalue weighted by Gasteiger charge is 2.14. The fourth-order valence-corrected chi connectivity index (χ4v) is 3.55. The SMILES string of the molecule is COc1cc(N2CCOCC2)ccc1N=N.COc1cc(N2CCOCC2)ccc1N=N.[Cl-]. The molecule has 0 amide bonds. The summed E-state index contributed by atoms with van der Waals surface area (Å²) < 4.78 is 21.0. The van der Waals surface area contributed by atoms with Gasteiger partial charge in [-0.05, 0) is 24.3 Å². The summed E-state index contributed by atoms with van der Waals surface area (Å²) in [5.74, 6) is 1.28. The zero-order valence-corrected chi connectivity index (χ0v) is 19.7. The van der Waals surface area contributed by atoms with Crippen LogP contribution >= 0.6 is 0 Å². The first kappa shape index (κ1) is 26.3. The maximum atomic E-state index is 7.01. The molecule has 33 heavy (non-hydrogen) atoms. The monoisotopic (exact) mass is 477 g/mol. The lowest BCUT2D eigenvalue weighted by molar-refractivity contribution is -0.00000899. The summed E-state index contributed by atoms with van der Waals surface area (Å²) >= 11 is 0. The van der Waals surface area contributed by atoms with E-state index < -0.39 is 0 Å². The van der Waals surface area contributed by atoms with Gasteiger partial charge in [0.05, 0.1) is 40.6 Å². The molecule has 11 heteroatoms. The number of nitrogens with one attached hydrogen (secondary N) is 2. The van der Waals surface area contributed by atoms with Crippen molar-refractivity contribution < 1.29 is 31.4 Å². The van der Waals surface area contributed by atoms with E-state index in [1.807, 2.05) is 24.3 Å². The fourth-order valence-electron chi connectivity index (χ4n) is 3.55. The highest BCUT2D eigenvalue weighted by atomic mass is 35.5. The second-order valence-corrected chi connectivity index (χ2v) is 7.13. The number of hydrogen-bond donors (Lipinski definition) is 2. The second-order valence-electron chi connectivity index (χ2n) is 7.13. The van der Waals surface area contributed by atoms with E-state index in [0.717, 1.165) is 64.0 Å². The molecule has 0 aliphatic carbocycles. The van der Waals surface area contributed by atoms with Crippen LogP contribution in [0.15, 0.2) is 46.6 Å². The summed E-state index contributed by atoms with van der Waals surface area (Å²) in [6.07, 6.45) is 0. The first-order valence-electron chi connectivity index (χ1n) is 10.5. The van der Waals surface area contributed by atoms with E-state index >= 15 is 0 Å². The number of anilines is 2. The Hall–Kier alpha value is -2.95. The van der Waals surface area contributed by atoms with Crippen molar-refractivity contribution in [1.82, 2.24) is 0 Å². The molecule has 2 aliphatic heterocycles. The standard InChI is InChI=1S/2C11H15N3O2.ClH/c2*1-15-11-8-9(2-3-10(11)13-12)14-4-6-16-7-5-14;/h2*2-3,8,12H,4-7H2,1H3;1H/p-1. The molecular formula is C22H30ClN6O4-. The van der Waals surface area contributed by atoms with Crippen molar-refractivity contribution >= 4 is 22.7 Å². The van der Waals surface area contributed by atoms with Gasteiger partial charge in [0.1, 0.15) is 22.9 Å². The topological polar surface area (TPSA) is 116 Å². The van der Waals surface area contributed by atoms with E-state index in [0.29, 0.717) is 22.9 Å². The van der Waals surface area contributed by atoms with Gasteiger partial charge >= 0.3 is 0 Å². The minimum Gasteiger partial charge on any atom is -1.00 e.